The second-order valence-electron chi connectivity index (χ2n) is 14.7. The molecule has 0 amide bonds. The van der Waals surface area contributed by atoms with Gasteiger partial charge in [0.2, 0.25) is 5.89 Å². The van der Waals surface area contributed by atoms with Gasteiger partial charge in [0.05, 0.1) is 11.1 Å². The van der Waals surface area contributed by atoms with Crippen molar-refractivity contribution >= 4 is 50.1 Å². The minimum absolute atomic E-state index is 0.598. The molecule has 2 aromatic heterocycles. The first-order valence-corrected chi connectivity index (χ1v) is 19.9. The predicted octanol–water partition coefficient (Wildman–Crippen LogP) is 15.5. The molecule has 4 nitrogen and oxygen atoms in total. The second-order valence-corrected chi connectivity index (χ2v) is 14.7. The van der Waals surface area contributed by atoms with Crippen molar-refractivity contribution in [2.24, 2.45) is 0 Å². The van der Waals surface area contributed by atoms with Crippen molar-refractivity contribution < 1.29 is 8.83 Å². The van der Waals surface area contributed by atoms with Gasteiger partial charge >= 0.3 is 0 Å². The van der Waals surface area contributed by atoms with Gasteiger partial charge in [-0.05, 0) is 112 Å². The molecule has 11 aromatic rings. The maximum absolute atomic E-state index is 6.52. The van der Waals surface area contributed by atoms with E-state index in [0.717, 1.165) is 83.5 Å². The molecular formula is C55H36N2O2. The van der Waals surface area contributed by atoms with Gasteiger partial charge < -0.3 is 13.7 Å². The summed E-state index contributed by atoms with van der Waals surface area (Å²) in [7, 11) is 0. The Morgan fingerprint density at radius 1 is 0.356 bits per heavy atom. The molecule has 0 atom stereocenters. The van der Waals surface area contributed by atoms with Crippen LogP contribution in [0.1, 0.15) is 0 Å². The number of oxazole rings is 1. The second kappa shape index (κ2) is 14.5. The zero-order chi connectivity index (χ0) is 39.1. The Balaban J connectivity index is 1.05. The molecule has 0 N–H and O–H groups in total. The summed E-state index contributed by atoms with van der Waals surface area (Å²) in [6, 6.07) is 76.7. The molecule has 0 aliphatic rings. The summed E-state index contributed by atoms with van der Waals surface area (Å²) in [5.41, 5.74) is 16.3. The Labute approximate surface area is 341 Å². The van der Waals surface area contributed by atoms with Crippen LogP contribution < -0.4 is 4.90 Å². The number of rotatable bonds is 8. The van der Waals surface area contributed by atoms with E-state index in [0.29, 0.717) is 5.89 Å². The van der Waals surface area contributed by atoms with Crippen molar-refractivity contribution in [3.63, 3.8) is 0 Å². The Hall–Kier alpha value is -7.95. The van der Waals surface area contributed by atoms with Crippen LogP contribution in [-0.4, -0.2) is 4.98 Å². The summed E-state index contributed by atoms with van der Waals surface area (Å²) >= 11 is 0. The van der Waals surface area contributed by atoms with E-state index in [4.69, 9.17) is 13.8 Å². The Morgan fingerprint density at radius 2 is 0.915 bits per heavy atom. The highest BCUT2D eigenvalue weighted by atomic mass is 16.4. The molecule has 278 valence electrons. The fraction of sp³-hybridized carbons (Fsp3) is 0. The van der Waals surface area contributed by atoms with Gasteiger partial charge in [-0.15, -0.1) is 0 Å². The molecular weight excluding hydrogens is 721 g/mol. The number of aromatic nitrogens is 1. The molecule has 59 heavy (non-hydrogen) atoms. The van der Waals surface area contributed by atoms with Crippen LogP contribution >= 0.6 is 0 Å². The fourth-order valence-electron chi connectivity index (χ4n) is 8.20. The Kier molecular flexibility index (Phi) is 8.45. The van der Waals surface area contributed by atoms with E-state index in [-0.39, 0.29) is 0 Å². The van der Waals surface area contributed by atoms with E-state index in [9.17, 15) is 0 Å². The van der Waals surface area contributed by atoms with Crippen molar-refractivity contribution in [3.05, 3.63) is 218 Å². The van der Waals surface area contributed by atoms with Crippen molar-refractivity contribution in [1.82, 2.24) is 4.98 Å². The van der Waals surface area contributed by atoms with Gasteiger partial charge in [0.15, 0.2) is 5.58 Å². The summed E-state index contributed by atoms with van der Waals surface area (Å²) in [6.45, 7) is 0. The van der Waals surface area contributed by atoms with Crippen LogP contribution in [0, 0.1) is 0 Å². The maximum Gasteiger partial charge on any atom is 0.227 e. The smallest absolute Gasteiger partial charge is 0.227 e. The lowest BCUT2D eigenvalue weighted by atomic mass is 9.95. The monoisotopic (exact) mass is 756 g/mol. The van der Waals surface area contributed by atoms with Gasteiger partial charge in [-0.2, -0.15) is 0 Å². The molecule has 0 unspecified atom stereocenters. The van der Waals surface area contributed by atoms with Gasteiger partial charge in [-0.3, -0.25) is 0 Å². The quantitative estimate of drug-likeness (QED) is 0.155. The summed E-state index contributed by atoms with van der Waals surface area (Å²) in [6.07, 6.45) is 0. The maximum atomic E-state index is 6.52. The van der Waals surface area contributed by atoms with Gasteiger partial charge in [0, 0.05) is 27.9 Å². The Morgan fingerprint density at radius 3 is 1.63 bits per heavy atom. The molecule has 4 heteroatoms. The average molecular weight is 757 g/mol. The lowest BCUT2D eigenvalue weighted by Crippen LogP contribution is -2.11. The lowest BCUT2D eigenvalue weighted by molar-refractivity contribution is 0.622. The molecule has 0 bridgehead atoms. The van der Waals surface area contributed by atoms with Crippen LogP contribution in [0.15, 0.2) is 227 Å². The van der Waals surface area contributed by atoms with Gasteiger partial charge in [-0.25, -0.2) is 4.98 Å². The zero-order valence-electron chi connectivity index (χ0n) is 32.0. The third kappa shape index (κ3) is 6.34. The van der Waals surface area contributed by atoms with Crippen LogP contribution in [0.5, 0.6) is 0 Å². The van der Waals surface area contributed by atoms with E-state index in [2.05, 4.69) is 181 Å². The highest BCUT2D eigenvalue weighted by Crippen LogP contribution is 2.45. The summed E-state index contributed by atoms with van der Waals surface area (Å²) in [5.74, 6) is 0.598. The number of hydrogen-bond donors (Lipinski definition) is 0. The highest BCUT2D eigenvalue weighted by molar-refractivity contribution is 6.17. The summed E-state index contributed by atoms with van der Waals surface area (Å²) in [5, 5.41) is 1.93. The SMILES string of the molecule is c1ccc(-c2ccc(N(c3cccc(-c4ccccc4)c3)c3ccc(-c4ccc5c(c4)oc4ccc6nc(-c7ccccc7)oc6c45)cc3-c3ccccc3)cc2)cc1. The topological polar surface area (TPSA) is 42.4 Å². The van der Waals surface area contributed by atoms with E-state index >= 15 is 0 Å². The minimum Gasteiger partial charge on any atom is -0.456 e. The molecule has 0 saturated carbocycles. The van der Waals surface area contributed by atoms with E-state index in [1.54, 1.807) is 0 Å². The molecule has 0 aliphatic carbocycles. The molecule has 9 aromatic carbocycles. The van der Waals surface area contributed by atoms with Crippen LogP contribution in [0.2, 0.25) is 0 Å². The lowest BCUT2D eigenvalue weighted by Gasteiger charge is -2.29. The molecule has 2 heterocycles. The van der Waals surface area contributed by atoms with E-state index in [1.807, 2.05) is 42.5 Å². The third-order valence-corrected chi connectivity index (χ3v) is 11.1. The first-order valence-electron chi connectivity index (χ1n) is 19.9. The summed E-state index contributed by atoms with van der Waals surface area (Å²) in [4.78, 5) is 7.19. The average Bonchev–Trinajstić information content (AvgIpc) is 3.92. The standard InChI is InChI=1S/C55H36N2O2/c1-5-14-37(15-6-1)39-24-28-45(29-25-39)57(46-23-13-22-42(34-46)38-16-7-2-8-17-38)50-32-27-43(35-48(50)40-18-9-3-10-19-40)44-26-30-47-52(36-44)58-51-33-31-49-54(53(47)51)59-55(56-49)41-20-11-4-12-21-41/h1-36H. The zero-order valence-corrected chi connectivity index (χ0v) is 32.0. The van der Waals surface area contributed by atoms with Gasteiger partial charge in [0.1, 0.15) is 16.7 Å². The van der Waals surface area contributed by atoms with Crippen LogP contribution in [-0.2, 0) is 0 Å². The van der Waals surface area contributed by atoms with Gasteiger partial charge in [-0.1, -0.05) is 146 Å². The Bertz CT molecular complexity index is 3240. The molecule has 0 aliphatic heterocycles. The molecule has 0 radical (unpaired) electrons. The predicted molar refractivity (Wildman–Crippen MR) is 243 cm³/mol. The van der Waals surface area contributed by atoms with E-state index < -0.39 is 0 Å². The number of anilines is 3. The van der Waals surface area contributed by atoms with Crippen molar-refractivity contribution in [2.75, 3.05) is 4.90 Å². The summed E-state index contributed by atoms with van der Waals surface area (Å²) < 4.78 is 12.9. The number of hydrogen-bond acceptors (Lipinski definition) is 4. The van der Waals surface area contributed by atoms with Crippen LogP contribution in [0.25, 0.3) is 89.0 Å². The van der Waals surface area contributed by atoms with Crippen LogP contribution in [0.4, 0.5) is 17.1 Å². The van der Waals surface area contributed by atoms with Crippen molar-refractivity contribution in [1.29, 1.82) is 0 Å². The molecule has 11 rings (SSSR count). The van der Waals surface area contributed by atoms with Gasteiger partial charge in [0.25, 0.3) is 0 Å². The fourth-order valence-corrected chi connectivity index (χ4v) is 8.20. The van der Waals surface area contributed by atoms with Crippen molar-refractivity contribution in [2.45, 2.75) is 0 Å². The molecule has 0 spiro atoms. The van der Waals surface area contributed by atoms with Crippen LogP contribution in [0.3, 0.4) is 0 Å². The number of benzene rings is 9. The number of fused-ring (bicyclic) bond motifs is 5. The highest BCUT2D eigenvalue weighted by Gasteiger charge is 2.21. The normalized spacial score (nSPS) is 11.4. The van der Waals surface area contributed by atoms with E-state index in [1.165, 1.54) is 16.7 Å². The first-order chi connectivity index (χ1) is 29.2. The third-order valence-electron chi connectivity index (χ3n) is 11.1. The van der Waals surface area contributed by atoms with Crippen molar-refractivity contribution in [3.8, 4) is 56.0 Å². The molecule has 0 fully saturated rings. The first kappa shape index (κ1) is 34.3. The number of nitrogens with zero attached hydrogens (tertiary/aromatic N) is 2. The largest absolute Gasteiger partial charge is 0.456 e. The minimum atomic E-state index is 0.598. The number of furan rings is 1. The molecule has 0 saturated heterocycles.